The molecule has 0 aromatic rings. The Balaban J connectivity index is 4.10. The standard InChI is InChI=1S/C9H21N/c1-6-7-9(5,10)8(2,3)4/h6-7,10H2,1-5H3/t9-/m1/s1. The van der Waals surface area contributed by atoms with Crippen LogP contribution < -0.4 is 5.73 Å². The maximum Gasteiger partial charge on any atom is 0.0174 e. The van der Waals surface area contributed by atoms with Gasteiger partial charge in [-0.3, -0.25) is 0 Å². The van der Waals surface area contributed by atoms with Gasteiger partial charge in [-0.25, -0.2) is 0 Å². The van der Waals surface area contributed by atoms with Crippen molar-refractivity contribution in [1.29, 1.82) is 0 Å². The van der Waals surface area contributed by atoms with E-state index in [1.165, 1.54) is 6.42 Å². The molecule has 62 valence electrons. The topological polar surface area (TPSA) is 26.0 Å². The molecule has 2 N–H and O–H groups in total. The van der Waals surface area contributed by atoms with E-state index in [0.29, 0.717) is 0 Å². The second kappa shape index (κ2) is 2.91. The van der Waals surface area contributed by atoms with Crippen molar-refractivity contribution in [1.82, 2.24) is 0 Å². The summed E-state index contributed by atoms with van der Waals surface area (Å²) in [7, 11) is 0. The normalized spacial score (nSPS) is 18.6. The Morgan fingerprint density at radius 3 is 1.60 bits per heavy atom. The van der Waals surface area contributed by atoms with Gasteiger partial charge in [0.2, 0.25) is 0 Å². The predicted molar refractivity (Wildman–Crippen MR) is 47.0 cm³/mol. The third-order valence-electron chi connectivity index (χ3n) is 2.48. The monoisotopic (exact) mass is 143 g/mol. The first-order valence-electron chi connectivity index (χ1n) is 4.10. The Morgan fingerprint density at radius 1 is 1.10 bits per heavy atom. The summed E-state index contributed by atoms with van der Waals surface area (Å²) in [6.45, 7) is 10.9. The summed E-state index contributed by atoms with van der Waals surface area (Å²) in [5.74, 6) is 0. The van der Waals surface area contributed by atoms with Crippen LogP contribution in [0.3, 0.4) is 0 Å². The van der Waals surface area contributed by atoms with Crippen LogP contribution in [0.4, 0.5) is 0 Å². The number of hydrogen-bond acceptors (Lipinski definition) is 1. The van der Waals surface area contributed by atoms with Crippen LogP contribution in [0.5, 0.6) is 0 Å². The smallest absolute Gasteiger partial charge is 0.0174 e. The van der Waals surface area contributed by atoms with Gasteiger partial charge in [-0.05, 0) is 18.8 Å². The minimum absolute atomic E-state index is 0.0122. The third kappa shape index (κ3) is 2.30. The maximum atomic E-state index is 6.10. The summed E-state index contributed by atoms with van der Waals surface area (Å²) in [5, 5.41) is 0. The Bertz CT molecular complexity index is 97.8. The highest BCUT2D eigenvalue weighted by Gasteiger charge is 2.31. The highest BCUT2D eigenvalue weighted by atomic mass is 14.8. The lowest BCUT2D eigenvalue weighted by Crippen LogP contribution is -2.48. The van der Waals surface area contributed by atoms with Gasteiger partial charge in [-0.2, -0.15) is 0 Å². The van der Waals surface area contributed by atoms with Gasteiger partial charge in [0.15, 0.2) is 0 Å². The Labute approximate surface area is 65.0 Å². The van der Waals surface area contributed by atoms with Gasteiger partial charge >= 0.3 is 0 Å². The molecule has 0 radical (unpaired) electrons. The van der Waals surface area contributed by atoms with Crippen molar-refractivity contribution in [2.24, 2.45) is 11.1 Å². The van der Waals surface area contributed by atoms with E-state index in [9.17, 15) is 0 Å². The van der Waals surface area contributed by atoms with Crippen molar-refractivity contribution in [3.05, 3.63) is 0 Å². The summed E-state index contributed by atoms with van der Waals surface area (Å²) in [6, 6.07) is 0. The largest absolute Gasteiger partial charge is 0.325 e. The molecule has 1 nitrogen and oxygen atoms in total. The van der Waals surface area contributed by atoms with E-state index in [-0.39, 0.29) is 11.0 Å². The molecular weight excluding hydrogens is 122 g/mol. The van der Waals surface area contributed by atoms with Crippen molar-refractivity contribution < 1.29 is 0 Å². The summed E-state index contributed by atoms with van der Waals surface area (Å²) in [6.07, 6.45) is 2.28. The molecule has 0 bridgehead atoms. The van der Waals surface area contributed by atoms with Gasteiger partial charge < -0.3 is 5.73 Å². The molecule has 1 atom stereocenters. The molecule has 0 aromatic carbocycles. The third-order valence-corrected chi connectivity index (χ3v) is 2.48. The Kier molecular flexibility index (Phi) is 2.90. The highest BCUT2D eigenvalue weighted by molar-refractivity contribution is 4.90. The zero-order valence-electron chi connectivity index (χ0n) is 7.99. The van der Waals surface area contributed by atoms with Crippen LogP contribution >= 0.6 is 0 Å². The van der Waals surface area contributed by atoms with Crippen LogP contribution in [-0.4, -0.2) is 5.54 Å². The number of rotatable bonds is 2. The predicted octanol–water partition coefficient (Wildman–Crippen LogP) is 2.55. The molecule has 0 rings (SSSR count). The van der Waals surface area contributed by atoms with Crippen LogP contribution in [-0.2, 0) is 0 Å². The first kappa shape index (κ1) is 9.96. The van der Waals surface area contributed by atoms with Crippen LogP contribution in [0, 0.1) is 5.41 Å². The molecule has 0 aliphatic rings. The molecule has 0 saturated heterocycles. The van der Waals surface area contributed by atoms with Gasteiger partial charge in [0.05, 0.1) is 0 Å². The molecule has 0 heterocycles. The Hall–Kier alpha value is -0.0400. The minimum atomic E-state index is -0.0122. The van der Waals surface area contributed by atoms with Crippen LogP contribution in [0.15, 0.2) is 0 Å². The lowest BCUT2D eigenvalue weighted by molar-refractivity contribution is 0.193. The molecule has 1 heteroatoms. The SMILES string of the molecule is CCC[C@@](C)(N)C(C)(C)C. The van der Waals surface area contributed by atoms with E-state index in [4.69, 9.17) is 5.73 Å². The first-order valence-corrected chi connectivity index (χ1v) is 4.10. The molecule has 0 aliphatic heterocycles. The van der Waals surface area contributed by atoms with E-state index >= 15 is 0 Å². The maximum absolute atomic E-state index is 6.10. The molecule has 0 aromatic heterocycles. The van der Waals surface area contributed by atoms with E-state index in [1.807, 2.05) is 0 Å². The van der Waals surface area contributed by atoms with Gasteiger partial charge in [0.25, 0.3) is 0 Å². The van der Waals surface area contributed by atoms with Crippen molar-refractivity contribution in [2.45, 2.75) is 53.0 Å². The van der Waals surface area contributed by atoms with Crippen molar-refractivity contribution in [3.8, 4) is 0 Å². The molecule has 0 saturated carbocycles. The average Bonchev–Trinajstić information content (AvgIpc) is 1.61. The summed E-state index contributed by atoms with van der Waals surface area (Å²) in [4.78, 5) is 0. The van der Waals surface area contributed by atoms with Crippen LogP contribution in [0.2, 0.25) is 0 Å². The van der Waals surface area contributed by atoms with Gasteiger partial charge in [-0.1, -0.05) is 34.1 Å². The second-order valence-electron chi connectivity index (χ2n) is 4.42. The van der Waals surface area contributed by atoms with Crippen molar-refractivity contribution >= 4 is 0 Å². The lowest BCUT2D eigenvalue weighted by Gasteiger charge is -2.38. The quantitative estimate of drug-likeness (QED) is 0.631. The first-order chi connectivity index (χ1) is 4.31. The molecular formula is C9H21N. The van der Waals surface area contributed by atoms with E-state index in [2.05, 4.69) is 34.6 Å². The summed E-state index contributed by atoms with van der Waals surface area (Å²) < 4.78 is 0. The van der Waals surface area contributed by atoms with Crippen LogP contribution in [0.1, 0.15) is 47.5 Å². The minimum Gasteiger partial charge on any atom is -0.325 e. The van der Waals surface area contributed by atoms with Crippen molar-refractivity contribution in [3.63, 3.8) is 0 Å². The van der Waals surface area contributed by atoms with Gasteiger partial charge in [0.1, 0.15) is 0 Å². The molecule has 0 unspecified atom stereocenters. The number of nitrogens with two attached hydrogens (primary N) is 1. The van der Waals surface area contributed by atoms with Crippen LogP contribution in [0.25, 0.3) is 0 Å². The average molecular weight is 143 g/mol. The van der Waals surface area contributed by atoms with E-state index in [1.54, 1.807) is 0 Å². The second-order valence-corrected chi connectivity index (χ2v) is 4.42. The molecule has 0 aliphatic carbocycles. The molecule has 0 fully saturated rings. The highest BCUT2D eigenvalue weighted by Crippen LogP contribution is 2.30. The van der Waals surface area contributed by atoms with Gasteiger partial charge in [-0.15, -0.1) is 0 Å². The summed E-state index contributed by atoms with van der Waals surface area (Å²) >= 11 is 0. The molecule has 0 amide bonds. The fourth-order valence-corrected chi connectivity index (χ4v) is 0.894. The zero-order chi connectivity index (χ0) is 8.41. The Morgan fingerprint density at radius 2 is 1.50 bits per heavy atom. The fourth-order valence-electron chi connectivity index (χ4n) is 0.894. The van der Waals surface area contributed by atoms with E-state index in [0.717, 1.165) is 6.42 Å². The molecule has 0 spiro atoms. The van der Waals surface area contributed by atoms with Crippen molar-refractivity contribution in [2.75, 3.05) is 0 Å². The number of hydrogen-bond donors (Lipinski definition) is 1. The van der Waals surface area contributed by atoms with Gasteiger partial charge in [0, 0.05) is 5.54 Å². The lowest BCUT2D eigenvalue weighted by atomic mass is 9.73. The van der Waals surface area contributed by atoms with E-state index < -0.39 is 0 Å². The zero-order valence-corrected chi connectivity index (χ0v) is 7.99. The summed E-state index contributed by atoms with van der Waals surface area (Å²) in [5.41, 5.74) is 6.32. The molecule has 10 heavy (non-hydrogen) atoms. The fraction of sp³-hybridized carbons (Fsp3) is 1.00.